The number of amidine groups is 1. The highest BCUT2D eigenvalue weighted by Gasteiger charge is 2.23. The molecule has 5 nitrogen and oxygen atoms in total. The van der Waals surface area contributed by atoms with E-state index in [1.807, 2.05) is 12.1 Å². The second kappa shape index (κ2) is 6.04. The molecule has 0 saturated carbocycles. The van der Waals surface area contributed by atoms with Gasteiger partial charge in [0.25, 0.3) is 0 Å². The number of rotatable bonds is 4. The molecule has 0 radical (unpaired) electrons. The van der Waals surface area contributed by atoms with Crippen molar-refractivity contribution in [3.05, 3.63) is 29.3 Å². The molecule has 1 aromatic carbocycles. The Bertz CT molecular complexity index is 462. The Balaban J connectivity index is 2.08. The summed E-state index contributed by atoms with van der Waals surface area (Å²) in [5, 5.41) is 7.47. The van der Waals surface area contributed by atoms with E-state index in [1.54, 1.807) is 7.11 Å². The fourth-order valence-electron chi connectivity index (χ4n) is 2.31. The van der Waals surface area contributed by atoms with Gasteiger partial charge in [-0.3, -0.25) is 10.3 Å². The zero-order valence-corrected chi connectivity index (χ0v) is 11.5. The Morgan fingerprint density at radius 2 is 2.37 bits per heavy atom. The van der Waals surface area contributed by atoms with Crippen molar-refractivity contribution in [3.8, 4) is 5.75 Å². The van der Waals surface area contributed by atoms with Crippen LogP contribution in [0.2, 0.25) is 0 Å². The van der Waals surface area contributed by atoms with Crippen LogP contribution in [0.5, 0.6) is 5.75 Å². The molecule has 104 valence electrons. The van der Waals surface area contributed by atoms with Crippen LogP contribution < -0.4 is 10.5 Å². The van der Waals surface area contributed by atoms with Gasteiger partial charge in [0.15, 0.2) is 0 Å². The van der Waals surface area contributed by atoms with E-state index in [1.165, 1.54) is 5.56 Å². The number of nitrogens with zero attached hydrogens (tertiary/aromatic N) is 1. The first-order valence-electron chi connectivity index (χ1n) is 6.41. The molecule has 1 aliphatic rings. The Hall–Kier alpha value is -1.59. The van der Waals surface area contributed by atoms with E-state index in [9.17, 15) is 0 Å². The van der Waals surface area contributed by atoms with Crippen molar-refractivity contribution in [3.63, 3.8) is 0 Å². The summed E-state index contributed by atoms with van der Waals surface area (Å²) in [4.78, 5) is 2.24. The van der Waals surface area contributed by atoms with Crippen molar-refractivity contribution < 1.29 is 9.47 Å². The first-order chi connectivity index (χ1) is 9.10. The minimum Gasteiger partial charge on any atom is -0.496 e. The zero-order chi connectivity index (χ0) is 13.8. The third-order valence-electron chi connectivity index (χ3n) is 3.33. The maximum absolute atomic E-state index is 7.47. The highest BCUT2D eigenvalue weighted by molar-refractivity contribution is 5.82. The van der Waals surface area contributed by atoms with Crippen molar-refractivity contribution in [2.75, 3.05) is 26.8 Å². The van der Waals surface area contributed by atoms with E-state index in [0.717, 1.165) is 24.4 Å². The van der Waals surface area contributed by atoms with Gasteiger partial charge < -0.3 is 15.2 Å². The van der Waals surface area contributed by atoms with Crippen molar-refractivity contribution in [2.45, 2.75) is 19.6 Å². The van der Waals surface area contributed by atoms with Gasteiger partial charge in [0, 0.05) is 25.2 Å². The number of hydrogen-bond acceptors (Lipinski definition) is 4. The standard InChI is InChI=1S/C14H21N3O2/c1-10-3-4-12(18-2)11(7-10)8-17-5-6-19-13(9-17)14(15)16/h3-4,7,13H,5-6,8-9H2,1-2H3,(H3,15,16). The lowest BCUT2D eigenvalue weighted by Crippen LogP contribution is -2.47. The maximum Gasteiger partial charge on any atom is 0.127 e. The van der Waals surface area contributed by atoms with E-state index >= 15 is 0 Å². The number of hydrogen-bond donors (Lipinski definition) is 2. The van der Waals surface area contributed by atoms with Gasteiger partial charge in [-0.15, -0.1) is 0 Å². The molecule has 1 fully saturated rings. The van der Waals surface area contributed by atoms with Crippen molar-refractivity contribution in [1.29, 1.82) is 5.41 Å². The molecular weight excluding hydrogens is 242 g/mol. The Morgan fingerprint density at radius 1 is 1.58 bits per heavy atom. The largest absolute Gasteiger partial charge is 0.496 e. The third kappa shape index (κ3) is 3.45. The van der Waals surface area contributed by atoms with Crippen LogP contribution in [0.25, 0.3) is 0 Å². The molecule has 0 bridgehead atoms. The molecule has 5 heteroatoms. The fourth-order valence-corrected chi connectivity index (χ4v) is 2.31. The molecule has 0 aromatic heterocycles. The molecule has 1 unspecified atom stereocenters. The normalized spacial score (nSPS) is 20.2. The van der Waals surface area contributed by atoms with Crippen LogP contribution in [0.4, 0.5) is 0 Å². The van der Waals surface area contributed by atoms with Crippen molar-refractivity contribution >= 4 is 5.84 Å². The topological polar surface area (TPSA) is 71.6 Å². The van der Waals surface area contributed by atoms with Crippen molar-refractivity contribution in [2.24, 2.45) is 5.73 Å². The summed E-state index contributed by atoms with van der Waals surface area (Å²) in [5.41, 5.74) is 7.88. The first kappa shape index (κ1) is 13.8. The van der Waals surface area contributed by atoms with Crippen LogP contribution in [0.1, 0.15) is 11.1 Å². The summed E-state index contributed by atoms with van der Waals surface area (Å²) in [5.74, 6) is 0.998. The molecule has 0 amide bonds. The van der Waals surface area contributed by atoms with E-state index in [4.69, 9.17) is 20.6 Å². The number of morpholine rings is 1. The van der Waals surface area contributed by atoms with Crippen LogP contribution in [-0.2, 0) is 11.3 Å². The Kier molecular flexibility index (Phi) is 4.39. The van der Waals surface area contributed by atoms with Crippen LogP contribution in [-0.4, -0.2) is 43.6 Å². The first-order valence-corrected chi connectivity index (χ1v) is 6.41. The highest BCUT2D eigenvalue weighted by atomic mass is 16.5. The monoisotopic (exact) mass is 263 g/mol. The van der Waals surface area contributed by atoms with Gasteiger partial charge in [-0.2, -0.15) is 0 Å². The number of nitrogens with one attached hydrogen (secondary N) is 1. The summed E-state index contributed by atoms with van der Waals surface area (Å²) in [6.45, 7) is 4.98. The summed E-state index contributed by atoms with van der Waals surface area (Å²) in [7, 11) is 1.69. The molecule has 0 spiro atoms. The van der Waals surface area contributed by atoms with Crippen LogP contribution in [0, 0.1) is 12.3 Å². The highest BCUT2D eigenvalue weighted by Crippen LogP contribution is 2.22. The second-order valence-corrected chi connectivity index (χ2v) is 4.87. The van der Waals surface area contributed by atoms with Gasteiger partial charge >= 0.3 is 0 Å². The summed E-state index contributed by atoms with van der Waals surface area (Å²) in [6, 6.07) is 6.17. The predicted molar refractivity (Wildman–Crippen MR) is 74.7 cm³/mol. The van der Waals surface area contributed by atoms with Gasteiger partial charge in [0.2, 0.25) is 0 Å². The minimum absolute atomic E-state index is 0.0981. The third-order valence-corrected chi connectivity index (χ3v) is 3.33. The summed E-state index contributed by atoms with van der Waals surface area (Å²) < 4.78 is 10.9. The molecule has 0 aliphatic carbocycles. The number of benzene rings is 1. The molecular formula is C14H21N3O2. The van der Waals surface area contributed by atoms with E-state index in [0.29, 0.717) is 13.2 Å². The lowest BCUT2D eigenvalue weighted by atomic mass is 10.1. The lowest BCUT2D eigenvalue weighted by molar-refractivity contribution is 0.00213. The molecule has 1 aliphatic heterocycles. The van der Waals surface area contributed by atoms with Crippen molar-refractivity contribution in [1.82, 2.24) is 4.90 Å². The molecule has 3 N–H and O–H groups in total. The van der Waals surface area contributed by atoms with Gasteiger partial charge in [-0.25, -0.2) is 0 Å². The smallest absolute Gasteiger partial charge is 0.127 e. The average molecular weight is 263 g/mol. The van der Waals surface area contributed by atoms with Crippen LogP contribution >= 0.6 is 0 Å². The predicted octanol–water partition coefficient (Wildman–Crippen LogP) is 1.14. The number of nitrogens with two attached hydrogens (primary N) is 1. The summed E-state index contributed by atoms with van der Waals surface area (Å²) in [6.07, 6.45) is -0.287. The molecule has 2 rings (SSSR count). The van der Waals surface area contributed by atoms with Crippen LogP contribution in [0.3, 0.4) is 0 Å². The van der Waals surface area contributed by atoms with Gasteiger partial charge in [0.1, 0.15) is 17.7 Å². The van der Waals surface area contributed by atoms with Gasteiger partial charge in [-0.1, -0.05) is 17.7 Å². The van der Waals surface area contributed by atoms with E-state index in [2.05, 4.69) is 17.9 Å². The minimum atomic E-state index is -0.287. The molecule has 1 aromatic rings. The average Bonchev–Trinajstić information content (AvgIpc) is 2.39. The Labute approximate surface area is 113 Å². The van der Waals surface area contributed by atoms with Gasteiger partial charge in [0.05, 0.1) is 13.7 Å². The molecule has 1 heterocycles. The number of ether oxygens (including phenoxy) is 2. The molecule has 1 saturated heterocycles. The van der Waals surface area contributed by atoms with Gasteiger partial charge in [-0.05, 0) is 13.0 Å². The number of aryl methyl sites for hydroxylation is 1. The second-order valence-electron chi connectivity index (χ2n) is 4.87. The molecule has 19 heavy (non-hydrogen) atoms. The lowest BCUT2D eigenvalue weighted by Gasteiger charge is -2.32. The summed E-state index contributed by atoms with van der Waals surface area (Å²) >= 11 is 0. The number of methoxy groups -OCH3 is 1. The maximum atomic E-state index is 7.47. The zero-order valence-electron chi connectivity index (χ0n) is 11.5. The molecule has 1 atom stereocenters. The fraction of sp³-hybridized carbons (Fsp3) is 0.500. The van der Waals surface area contributed by atoms with E-state index < -0.39 is 0 Å². The SMILES string of the molecule is COc1ccc(C)cc1CN1CCOC(C(=N)N)C1. The van der Waals surface area contributed by atoms with E-state index in [-0.39, 0.29) is 11.9 Å². The Morgan fingerprint density at radius 3 is 3.05 bits per heavy atom. The quantitative estimate of drug-likeness (QED) is 0.631. The van der Waals surface area contributed by atoms with Crippen LogP contribution in [0.15, 0.2) is 18.2 Å².